The molecule has 2 heterocycles. The number of benzene rings is 2. The molecule has 10 heteroatoms. The van der Waals surface area contributed by atoms with Crippen molar-refractivity contribution in [3.05, 3.63) is 74.6 Å². The Morgan fingerprint density at radius 3 is 2.58 bits per heavy atom. The predicted octanol–water partition coefficient (Wildman–Crippen LogP) is 3.65. The predicted molar refractivity (Wildman–Crippen MR) is 114 cm³/mol. The first-order valence-corrected chi connectivity index (χ1v) is 10.1. The van der Waals surface area contributed by atoms with Gasteiger partial charge in [0.05, 0.1) is 16.2 Å². The zero-order valence-corrected chi connectivity index (χ0v) is 17.1. The molecule has 1 aromatic heterocycles. The minimum atomic E-state index is -0.767. The number of nitrogens with one attached hydrogen (secondary N) is 1. The van der Waals surface area contributed by atoms with E-state index in [2.05, 4.69) is 10.3 Å². The molecule has 31 heavy (non-hydrogen) atoms. The van der Waals surface area contributed by atoms with Crippen LogP contribution < -0.4 is 5.32 Å². The van der Waals surface area contributed by atoms with E-state index in [-0.39, 0.29) is 24.1 Å². The van der Waals surface area contributed by atoms with Crippen LogP contribution in [0.1, 0.15) is 32.0 Å². The summed E-state index contributed by atoms with van der Waals surface area (Å²) in [6.45, 7) is 1.71. The van der Waals surface area contributed by atoms with Crippen LogP contribution >= 0.6 is 11.3 Å². The molecule has 2 aromatic carbocycles. The van der Waals surface area contributed by atoms with E-state index in [9.17, 15) is 24.5 Å². The summed E-state index contributed by atoms with van der Waals surface area (Å²) in [6.07, 6.45) is -0.154. The van der Waals surface area contributed by atoms with Crippen molar-refractivity contribution in [3.8, 4) is 11.3 Å². The number of carbonyl (C=O) groups excluding carboxylic acids is 3. The molecule has 0 unspecified atom stereocenters. The number of hydrogen-bond acceptors (Lipinski definition) is 7. The van der Waals surface area contributed by atoms with Crippen LogP contribution in [0.3, 0.4) is 0 Å². The standard InChI is InChI=1S/C21H16N4O5S/c1-12-18(13-6-3-2-4-7-13)23-21(31-12)22-16(26)10-11-24-19(27)14-8-5-9-15(25(29)30)17(14)20(24)28/h2-9H,10-11H2,1H3,(H,22,23,26). The van der Waals surface area contributed by atoms with Gasteiger partial charge in [0.25, 0.3) is 17.5 Å². The van der Waals surface area contributed by atoms with Gasteiger partial charge in [-0.25, -0.2) is 4.98 Å². The molecular weight excluding hydrogens is 420 g/mol. The summed E-state index contributed by atoms with van der Waals surface area (Å²) >= 11 is 1.33. The normalized spacial score (nSPS) is 12.7. The third-order valence-corrected chi connectivity index (χ3v) is 5.71. The van der Waals surface area contributed by atoms with Crippen LogP contribution in [0.2, 0.25) is 0 Å². The number of imide groups is 1. The van der Waals surface area contributed by atoms with Crippen molar-refractivity contribution in [2.75, 3.05) is 11.9 Å². The molecule has 0 atom stereocenters. The third-order valence-electron chi connectivity index (χ3n) is 4.83. The van der Waals surface area contributed by atoms with Crippen LogP contribution in [0.25, 0.3) is 11.3 Å². The number of thiazole rings is 1. The number of nitrogens with zero attached hydrogens (tertiary/aromatic N) is 3. The molecule has 156 valence electrons. The Bertz CT molecular complexity index is 1220. The molecule has 9 nitrogen and oxygen atoms in total. The SMILES string of the molecule is Cc1sc(NC(=O)CCN2C(=O)c3cccc([N+](=O)[O-])c3C2=O)nc1-c1ccccc1. The summed E-state index contributed by atoms with van der Waals surface area (Å²) < 4.78 is 0. The molecule has 0 bridgehead atoms. The molecule has 0 saturated heterocycles. The average molecular weight is 436 g/mol. The monoisotopic (exact) mass is 436 g/mol. The fourth-order valence-electron chi connectivity index (χ4n) is 3.38. The number of rotatable bonds is 6. The number of anilines is 1. The molecule has 0 fully saturated rings. The van der Waals surface area contributed by atoms with E-state index in [1.165, 1.54) is 29.5 Å². The molecule has 1 N–H and O–H groups in total. The fourth-order valence-corrected chi connectivity index (χ4v) is 4.23. The van der Waals surface area contributed by atoms with Crippen LogP contribution in [0.15, 0.2) is 48.5 Å². The van der Waals surface area contributed by atoms with Gasteiger partial charge in [0.2, 0.25) is 5.91 Å². The molecule has 0 aliphatic carbocycles. The van der Waals surface area contributed by atoms with Gasteiger partial charge >= 0.3 is 0 Å². The molecule has 3 amide bonds. The zero-order valence-electron chi connectivity index (χ0n) is 16.3. The van der Waals surface area contributed by atoms with Crippen molar-refractivity contribution in [2.24, 2.45) is 0 Å². The van der Waals surface area contributed by atoms with Gasteiger partial charge in [-0.15, -0.1) is 11.3 Å². The van der Waals surface area contributed by atoms with Gasteiger partial charge in [0, 0.05) is 29.5 Å². The third kappa shape index (κ3) is 3.80. The minimum Gasteiger partial charge on any atom is -0.302 e. The van der Waals surface area contributed by atoms with Crippen molar-refractivity contribution in [3.63, 3.8) is 0 Å². The van der Waals surface area contributed by atoms with Crippen molar-refractivity contribution >= 4 is 39.9 Å². The van der Waals surface area contributed by atoms with E-state index < -0.39 is 28.3 Å². The lowest BCUT2D eigenvalue weighted by atomic mass is 10.1. The lowest BCUT2D eigenvalue weighted by Crippen LogP contribution is -2.33. The van der Waals surface area contributed by atoms with Gasteiger partial charge in [-0.05, 0) is 13.0 Å². The number of carbonyl (C=O) groups is 3. The highest BCUT2D eigenvalue weighted by Crippen LogP contribution is 2.32. The van der Waals surface area contributed by atoms with Crippen LogP contribution in [0, 0.1) is 17.0 Å². The lowest BCUT2D eigenvalue weighted by Gasteiger charge is -2.12. The molecule has 3 aromatic rings. The molecule has 1 aliphatic rings. The Balaban J connectivity index is 1.43. The van der Waals surface area contributed by atoms with Crippen LogP contribution in [0.4, 0.5) is 10.8 Å². The summed E-state index contributed by atoms with van der Waals surface area (Å²) in [5.41, 5.74) is 1.02. The summed E-state index contributed by atoms with van der Waals surface area (Å²) in [7, 11) is 0. The van der Waals surface area contributed by atoms with Gasteiger partial charge in [-0.3, -0.25) is 29.4 Å². The second kappa shape index (κ2) is 8.07. The van der Waals surface area contributed by atoms with E-state index in [4.69, 9.17) is 0 Å². The first kappa shape index (κ1) is 20.4. The zero-order chi connectivity index (χ0) is 22.1. The number of aryl methyl sites for hydroxylation is 1. The molecule has 4 rings (SSSR count). The topological polar surface area (TPSA) is 123 Å². The first-order valence-electron chi connectivity index (χ1n) is 9.33. The molecular formula is C21H16N4O5S. The Morgan fingerprint density at radius 2 is 1.87 bits per heavy atom. The minimum absolute atomic E-state index is 0.0253. The van der Waals surface area contributed by atoms with E-state index >= 15 is 0 Å². The maximum absolute atomic E-state index is 12.6. The number of aromatic nitrogens is 1. The number of nitro groups is 1. The average Bonchev–Trinajstić information content (AvgIpc) is 3.24. The van der Waals surface area contributed by atoms with Gasteiger partial charge in [-0.2, -0.15) is 0 Å². The Morgan fingerprint density at radius 1 is 1.13 bits per heavy atom. The second-order valence-corrected chi connectivity index (χ2v) is 8.01. The maximum atomic E-state index is 12.6. The maximum Gasteiger partial charge on any atom is 0.282 e. The second-order valence-electron chi connectivity index (χ2n) is 6.81. The van der Waals surface area contributed by atoms with Crippen molar-refractivity contribution in [1.82, 2.24) is 9.88 Å². The fraction of sp³-hybridized carbons (Fsp3) is 0.143. The van der Waals surface area contributed by atoms with Crippen molar-refractivity contribution < 1.29 is 19.3 Å². The smallest absolute Gasteiger partial charge is 0.282 e. The summed E-state index contributed by atoms with van der Waals surface area (Å²) in [5.74, 6) is -1.83. The Kier molecular flexibility index (Phi) is 5.30. The van der Waals surface area contributed by atoms with Crippen LogP contribution in [-0.4, -0.2) is 39.1 Å². The van der Waals surface area contributed by atoms with Crippen LogP contribution in [0.5, 0.6) is 0 Å². The highest BCUT2D eigenvalue weighted by atomic mass is 32.1. The van der Waals surface area contributed by atoms with E-state index in [1.54, 1.807) is 0 Å². The molecule has 0 radical (unpaired) electrons. The summed E-state index contributed by atoms with van der Waals surface area (Å²) in [4.78, 5) is 54.2. The lowest BCUT2D eigenvalue weighted by molar-refractivity contribution is -0.385. The number of fused-ring (bicyclic) bond motifs is 1. The van der Waals surface area contributed by atoms with E-state index in [0.717, 1.165) is 21.0 Å². The Hall–Kier alpha value is -3.92. The quantitative estimate of drug-likeness (QED) is 0.357. The molecule has 0 saturated carbocycles. The van der Waals surface area contributed by atoms with Crippen molar-refractivity contribution in [1.29, 1.82) is 0 Å². The van der Waals surface area contributed by atoms with Gasteiger partial charge < -0.3 is 5.32 Å². The van der Waals surface area contributed by atoms with Crippen molar-refractivity contribution in [2.45, 2.75) is 13.3 Å². The summed E-state index contributed by atoms with van der Waals surface area (Å²) in [6, 6.07) is 13.5. The Labute approximate surface area is 180 Å². The van der Waals surface area contributed by atoms with Gasteiger partial charge in [-0.1, -0.05) is 36.4 Å². The summed E-state index contributed by atoms with van der Waals surface area (Å²) in [5, 5.41) is 14.3. The number of hydrogen-bond donors (Lipinski definition) is 1. The highest BCUT2D eigenvalue weighted by Gasteiger charge is 2.40. The van der Waals surface area contributed by atoms with E-state index in [1.807, 2.05) is 37.3 Å². The van der Waals surface area contributed by atoms with Crippen LogP contribution in [-0.2, 0) is 4.79 Å². The first-order chi connectivity index (χ1) is 14.9. The number of amides is 3. The van der Waals surface area contributed by atoms with E-state index in [0.29, 0.717) is 5.13 Å². The molecule has 1 aliphatic heterocycles. The highest BCUT2D eigenvalue weighted by molar-refractivity contribution is 7.16. The van der Waals surface area contributed by atoms with Gasteiger partial charge in [0.1, 0.15) is 5.56 Å². The largest absolute Gasteiger partial charge is 0.302 e. The number of nitro benzene ring substituents is 1. The van der Waals surface area contributed by atoms with Gasteiger partial charge in [0.15, 0.2) is 5.13 Å². The molecule has 0 spiro atoms.